The minimum absolute atomic E-state index is 0.429. The average Bonchev–Trinajstić information content (AvgIpc) is 2.67. The van der Waals surface area contributed by atoms with Crippen LogP contribution in [0.2, 0.25) is 0 Å². The summed E-state index contributed by atoms with van der Waals surface area (Å²) in [5.41, 5.74) is 6.24. The molecule has 0 bridgehead atoms. The van der Waals surface area contributed by atoms with Crippen LogP contribution in [0.4, 0.5) is 0 Å². The summed E-state index contributed by atoms with van der Waals surface area (Å²) in [6.45, 7) is 4.15. The Hall–Kier alpha value is -0.0800. The van der Waals surface area contributed by atoms with Gasteiger partial charge in [0.1, 0.15) is 0 Å². The second-order valence-electron chi connectivity index (χ2n) is 5.29. The third kappa shape index (κ3) is 1.82. The van der Waals surface area contributed by atoms with E-state index in [9.17, 15) is 0 Å². The van der Waals surface area contributed by atoms with Crippen LogP contribution in [0.25, 0.3) is 0 Å². The maximum absolute atomic E-state index is 5.92. The summed E-state index contributed by atoms with van der Waals surface area (Å²) in [5.74, 6) is 0.623. The van der Waals surface area contributed by atoms with Gasteiger partial charge in [-0.3, -0.25) is 0 Å². The smallest absolute Gasteiger partial charge is 0.0669 e. The fourth-order valence-corrected chi connectivity index (χ4v) is 3.29. The maximum Gasteiger partial charge on any atom is 0.0669 e. The monoisotopic (exact) mass is 197 g/mol. The molecular weight excluding hydrogens is 174 g/mol. The van der Waals surface area contributed by atoms with Gasteiger partial charge in [0.05, 0.1) is 6.10 Å². The van der Waals surface area contributed by atoms with Gasteiger partial charge in [0.25, 0.3) is 0 Å². The summed E-state index contributed by atoms with van der Waals surface area (Å²) in [6, 6.07) is 0. The molecule has 1 aliphatic heterocycles. The van der Waals surface area contributed by atoms with Crippen molar-refractivity contribution in [3.63, 3.8) is 0 Å². The van der Waals surface area contributed by atoms with Gasteiger partial charge < -0.3 is 10.5 Å². The zero-order chi connectivity index (χ0) is 10.0. The molecule has 2 aliphatic rings. The van der Waals surface area contributed by atoms with Crippen molar-refractivity contribution in [3.8, 4) is 0 Å². The van der Waals surface area contributed by atoms with Gasteiger partial charge >= 0.3 is 0 Å². The van der Waals surface area contributed by atoms with Crippen molar-refractivity contribution in [2.45, 2.75) is 51.6 Å². The molecule has 0 aromatic carbocycles. The van der Waals surface area contributed by atoms with Crippen LogP contribution in [0.1, 0.15) is 45.4 Å². The molecule has 0 aromatic heterocycles. The molecular formula is C12H23NO. The van der Waals surface area contributed by atoms with Crippen LogP contribution in [0, 0.1) is 11.3 Å². The number of nitrogens with two attached hydrogens (primary N) is 1. The molecule has 0 spiro atoms. The molecule has 1 heterocycles. The van der Waals surface area contributed by atoms with Crippen LogP contribution in [-0.2, 0) is 4.74 Å². The van der Waals surface area contributed by atoms with Crippen LogP contribution in [0.3, 0.4) is 0 Å². The second kappa shape index (κ2) is 4.19. The lowest BCUT2D eigenvalue weighted by Crippen LogP contribution is -2.40. The molecule has 2 N–H and O–H groups in total. The molecule has 1 saturated carbocycles. The predicted octanol–water partition coefficient (Wildman–Crippen LogP) is 2.32. The van der Waals surface area contributed by atoms with Crippen LogP contribution in [-0.4, -0.2) is 19.3 Å². The number of hydrogen-bond acceptors (Lipinski definition) is 2. The third-order valence-corrected chi connectivity index (χ3v) is 4.20. The summed E-state index contributed by atoms with van der Waals surface area (Å²) in [5, 5.41) is 0. The van der Waals surface area contributed by atoms with Gasteiger partial charge in [-0.2, -0.15) is 0 Å². The van der Waals surface area contributed by atoms with E-state index in [2.05, 4.69) is 6.92 Å². The van der Waals surface area contributed by atoms with Crippen LogP contribution in [0.5, 0.6) is 0 Å². The fraction of sp³-hybridized carbons (Fsp3) is 1.00. The van der Waals surface area contributed by atoms with Crippen LogP contribution in [0.15, 0.2) is 0 Å². The lowest BCUT2D eigenvalue weighted by atomic mass is 9.68. The quantitative estimate of drug-likeness (QED) is 0.737. The molecule has 1 aliphatic carbocycles. The summed E-state index contributed by atoms with van der Waals surface area (Å²) in [7, 11) is 0. The zero-order valence-corrected chi connectivity index (χ0v) is 9.30. The molecule has 0 aromatic rings. The molecule has 2 rings (SSSR count). The van der Waals surface area contributed by atoms with Gasteiger partial charge in [0.15, 0.2) is 0 Å². The van der Waals surface area contributed by atoms with E-state index in [1.807, 2.05) is 0 Å². The Morgan fingerprint density at radius 1 is 1.29 bits per heavy atom. The van der Waals surface area contributed by atoms with Crippen LogP contribution >= 0.6 is 0 Å². The molecule has 1 saturated heterocycles. The second-order valence-corrected chi connectivity index (χ2v) is 5.29. The van der Waals surface area contributed by atoms with E-state index in [0.717, 1.165) is 13.2 Å². The Morgan fingerprint density at radius 3 is 2.64 bits per heavy atom. The van der Waals surface area contributed by atoms with E-state index < -0.39 is 0 Å². The molecule has 0 radical (unpaired) electrons. The van der Waals surface area contributed by atoms with Gasteiger partial charge in [-0.1, -0.05) is 26.2 Å². The lowest BCUT2D eigenvalue weighted by Gasteiger charge is -2.40. The lowest BCUT2D eigenvalue weighted by molar-refractivity contribution is -0.0305. The Balaban J connectivity index is 2.03. The molecule has 2 heteroatoms. The van der Waals surface area contributed by atoms with E-state index >= 15 is 0 Å². The Morgan fingerprint density at radius 2 is 2.00 bits per heavy atom. The fourth-order valence-electron chi connectivity index (χ4n) is 3.29. The molecule has 2 atom stereocenters. The highest BCUT2D eigenvalue weighted by atomic mass is 16.5. The molecule has 14 heavy (non-hydrogen) atoms. The molecule has 2 nitrogen and oxygen atoms in total. The van der Waals surface area contributed by atoms with Crippen molar-refractivity contribution in [3.05, 3.63) is 0 Å². The SMILES string of the molecule is CC1(C2OCCC2CN)CCCCC1. The average molecular weight is 197 g/mol. The van der Waals surface area contributed by atoms with Crippen LogP contribution < -0.4 is 5.73 Å². The molecule has 2 fully saturated rings. The van der Waals surface area contributed by atoms with Crippen molar-refractivity contribution in [1.82, 2.24) is 0 Å². The highest BCUT2D eigenvalue weighted by Crippen LogP contribution is 2.45. The topological polar surface area (TPSA) is 35.2 Å². The first-order valence-corrected chi connectivity index (χ1v) is 6.08. The standard InChI is InChI=1S/C12H23NO/c1-12(6-3-2-4-7-12)11-10(9-13)5-8-14-11/h10-11H,2-9,13H2,1H3. The van der Waals surface area contributed by atoms with E-state index in [1.54, 1.807) is 0 Å². The van der Waals surface area contributed by atoms with E-state index in [1.165, 1.54) is 38.5 Å². The van der Waals surface area contributed by atoms with Crippen molar-refractivity contribution in [2.75, 3.05) is 13.2 Å². The van der Waals surface area contributed by atoms with Crippen molar-refractivity contribution >= 4 is 0 Å². The largest absolute Gasteiger partial charge is 0.377 e. The highest BCUT2D eigenvalue weighted by molar-refractivity contribution is 4.93. The first kappa shape index (κ1) is 10.4. The molecule has 0 amide bonds. The van der Waals surface area contributed by atoms with E-state index in [-0.39, 0.29) is 0 Å². The predicted molar refractivity (Wildman–Crippen MR) is 58.1 cm³/mol. The summed E-state index contributed by atoms with van der Waals surface area (Å²) in [6.07, 6.45) is 8.49. The summed E-state index contributed by atoms with van der Waals surface area (Å²) >= 11 is 0. The minimum atomic E-state index is 0.429. The Bertz CT molecular complexity index is 187. The van der Waals surface area contributed by atoms with Gasteiger partial charge in [-0.15, -0.1) is 0 Å². The number of rotatable bonds is 2. The molecule has 82 valence electrons. The van der Waals surface area contributed by atoms with Crippen molar-refractivity contribution in [2.24, 2.45) is 17.1 Å². The first-order chi connectivity index (χ1) is 6.76. The van der Waals surface area contributed by atoms with Crippen molar-refractivity contribution in [1.29, 1.82) is 0 Å². The van der Waals surface area contributed by atoms with Crippen molar-refractivity contribution < 1.29 is 4.74 Å². The maximum atomic E-state index is 5.92. The third-order valence-electron chi connectivity index (χ3n) is 4.20. The van der Waals surface area contributed by atoms with Gasteiger partial charge in [0, 0.05) is 12.5 Å². The minimum Gasteiger partial charge on any atom is -0.377 e. The first-order valence-electron chi connectivity index (χ1n) is 6.08. The summed E-state index contributed by atoms with van der Waals surface area (Å²) in [4.78, 5) is 0. The highest BCUT2D eigenvalue weighted by Gasteiger charge is 2.42. The normalized spacial score (nSPS) is 37.3. The number of ether oxygens (including phenoxy) is 1. The molecule has 2 unspecified atom stereocenters. The van der Waals surface area contributed by atoms with Gasteiger partial charge in [0.2, 0.25) is 0 Å². The van der Waals surface area contributed by atoms with Gasteiger partial charge in [-0.05, 0) is 31.2 Å². The summed E-state index contributed by atoms with van der Waals surface area (Å²) < 4.78 is 5.92. The zero-order valence-electron chi connectivity index (χ0n) is 9.30. The Labute approximate surface area is 87.2 Å². The van der Waals surface area contributed by atoms with Gasteiger partial charge in [-0.25, -0.2) is 0 Å². The van der Waals surface area contributed by atoms with E-state index in [0.29, 0.717) is 17.4 Å². The Kier molecular flexibility index (Phi) is 3.13. The number of hydrogen-bond donors (Lipinski definition) is 1. The van der Waals surface area contributed by atoms with E-state index in [4.69, 9.17) is 10.5 Å².